The third-order valence-electron chi connectivity index (χ3n) is 4.03. The molecule has 0 fully saturated rings. The number of rotatable bonds is 5. The first-order valence-corrected chi connectivity index (χ1v) is 8.96. The first-order chi connectivity index (χ1) is 12.0. The summed E-state index contributed by atoms with van der Waals surface area (Å²) in [5, 5.41) is 0.506. The van der Waals surface area contributed by atoms with Crippen LogP contribution in [0.2, 0.25) is 0 Å². The Morgan fingerprint density at radius 2 is 1.88 bits per heavy atom. The Morgan fingerprint density at radius 1 is 1.20 bits per heavy atom. The second kappa shape index (κ2) is 7.11. The van der Waals surface area contributed by atoms with E-state index in [0.29, 0.717) is 16.1 Å². The highest BCUT2D eigenvalue weighted by Gasteiger charge is 2.18. The molecule has 3 rings (SSSR count). The number of hydrogen-bond donors (Lipinski definition) is 1. The number of nitrogens with zero attached hydrogens (tertiary/aromatic N) is 2. The van der Waals surface area contributed by atoms with Crippen molar-refractivity contribution in [2.45, 2.75) is 30.7 Å². The number of fused-ring (bicyclic) bond motifs is 1. The second-order valence-corrected chi connectivity index (χ2v) is 7.04. The van der Waals surface area contributed by atoms with E-state index >= 15 is 0 Å². The Kier molecular flexibility index (Phi) is 4.90. The van der Waals surface area contributed by atoms with Crippen molar-refractivity contribution in [3.8, 4) is 5.69 Å². The van der Waals surface area contributed by atoms with E-state index in [1.165, 1.54) is 17.3 Å². The number of amides is 1. The van der Waals surface area contributed by atoms with Crippen molar-refractivity contribution in [2.75, 3.05) is 0 Å². The molecule has 0 aliphatic heterocycles. The minimum atomic E-state index is -0.491. The molecule has 0 aliphatic rings. The quantitative estimate of drug-likeness (QED) is 0.565. The maximum atomic E-state index is 13.0. The van der Waals surface area contributed by atoms with Gasteiger partial charge in [-0.25, -0.2) is 4.98 Å². The van der Waals surface area contributed by atoms with Crippen LogP contribution >= 0.6 is 11.8 Å². The third kappa shape index (κ3) is 3.44. The van der Waals surface area contributed by atoms with Crippen LogP contribution < -0.4 is 11.3 Å². The summed E-state index contributed by atoms with van der Waals surface area (Å²) in [6, 6.07) is 15.0. The summed E-state index contributed by atoms with van der Waals surface area (Å²) in [7, 11) is 0. The highest BCUT2D eigenvalue weighted by atomic mass is 32.2. The van der Waals surface area contributed by atoms with Crippen LogP contribution in [0.15, 0.2) is 58.5 Å². The highest BCUT2D eigenvalue weighted by molar-refractivity contribution is 8.00. The van der Waals surface area contributed by atoms with Crippen molar-refractivity contribution < 1.29 is 4.79 Å². The molecular formula is C19H19N3O2S. The van der Waals surface area contributed by atoms with Gasteiger partial charge in [0.1, 0.15) is 0 Å². The smallest absolute Gasteiger partial charge is 0.266 e. The number of nitrogens with two attached hydrogens (primary N) is 1. The van der Waals surface area contributed by atoms with Gasteiger partial charge in [0.25, 0.3) is 5.56 Å². The molecule has 1 atom stereocenters. The first-order valence-electron chi connectivity index (χ1n) is 8.08. The maximum absolute atomic E-state index is 13.0. The Bertz CT molecular complexity index is 980. The summed E-state index contributed by atoms with van der Waals surface area (Å²) in [5.74, 6) is -0.444. The Hall–Kier alpha value is -2.60. The van der Waals surface area contributed by atoms with Gasteiger partial charge in [0.05, 0.1) is 21.8 Å². The normalized spacial score (nSPS) is 12.2. The lowest BCUT2D eigenvalue weighted by Gasteiger charge is -2.15. The number of carbonyl (C=O) groups is 1. The van der Waals surface area contributed by atoms with E-state index < -0.39 is 11.2 Å². The minimum Gasteiger partial charge on any atom is -0.369 e. The summed E-state index contributed by atoms with van der Waals surface area (Å²) >= 11 is 1.19. The number of thioether (sulfide) groups is 1. The molecule has 6 heteroatoms. The molecule has 128 valence electrons. The van der Waals surface area contributed by atoms with Crippen molar-refractivity contribution in [3.63, 3.8) is 0 Å². The molecule has 0 saturated carbocycles. The van der Waals surface area contributed by atoms with Gasteiger partial charge in [0, 0.05) is 0 Å². The average molecular weight is 353 g/mol. The van der Waals surface area contributed by atoms with E-state index in [2.05, 4.69) is 11.9 Å². The van der Waals surface area contributed by atoms with Crippen LogP contribution in [0.25, 0.3) is 16.6 Å². The molecule has 1 aromatic heterocycles. The van der Waals surface area contributed by atoms with E-state index in [-0.39, 0.29) is 5.56 Å². The minimum absolute atomic E-state index is 0.158. The average Bonchev–Trinajstić information content (AvgIpc) is 2.62. The summed E-state index contributed by atoms with van der Waals surface area (Å²) in [5.41, 5.74) is 7.74. The number of hydrogen-bond acceptors (Lipinski definition) is 4. The molecule has 1 unspecified atom stereocenters. The van der Waals surface area contributed by atoms with E-state index in [1.54, 1.807) is 23.6 Å². The predicted octanol–water partition coefficient (Wildman–Crippen LogP) is 2.91. The highest BCUT2D eigenvalue weighted by Crippen LogP contribution is 2.25. The fourth-order valence-electron chi connectivity index (χ4n) is 2.52. The molecule has 1 amide bonds. The van der Waals surface area contributed by atoms with Crippen LogP contribution in [-0.4, -0.2) is 20.7 Å². The fourth-order valence-corrected chi connectivity index (χ4v) is 3.39. The summed E-state index contributed by atoms with van der Waals surface area (Å²) in [4.78, 5) is 29.1. The van der Waals surface area contributed by atoms with Gasteiger partial charge >= 0.3 is 0 Å². The lowest BCUT2D eigenvalue weighted by atomic mass is 10.1. The molecular weight excluding hydrogens is 334 g/mol. The number of para-hydroxylation sites is 1. The monoisotopic (exact) mass is 353 g/mol. The zero-order valence-corrected chi connectivity index (χ0v) is 14.9. The van der Waals surface area contributed by atoms with Gasteiger partial charge < -0.3 is 5.73 Å². The van der Waals surface area contributed by atoms with Crippen molar-refractivity contribution in [2.24, 2.45) is 5.73 Å². The van der Waals surface area contributed by atoms with Gasteiger partial charge in [-0.1, -0.05) is 43.0 Å². The van der Waals surface area contributed by atoms with Crippen molar-refractivity contribution >= 4 is 28.6 Å². The van der Waals surface area contributed by atoms with Gasteiger partial charge in [-0.05, 0) is 43.2 Å². The zero-order valence-electron chi connectivity index (χ0n) is 14.1. The lowest BCUT2D eigenvalue weighted by Crippen LogP contribution is -2.26. The second-order valence-electron chi connectivity index (χ2n) is 5.73. The number of aryl methyl sites for hydroxylation is 1. The number of aromatic nitrogens is 2. The fraction of sp³-hybridized carbons (Fsp3) is 0.211. The molecule has 0 bridgehead atoms. The summed E-state index contributed by atoms with van der Waals surface area (Å²) in [6.07, 6.45) is 0.922. The van der Waals surface area contributed by atoms with Crippen LogP contribution in [0.1, 0.15) is 19.4 Å². The van der Waals surface area contributed by atoms with Crippen LogP contribution in [0, 0.1) is 0 Å². The van der Waals surface area contributed by atoms with E-state index in [4.69, 9.17) is 5.73 Å². The van der Waals surface area contributed by atoms with Crippen LogP contribution in [0.3, 0.4) is 0 Å². The van der Waals surface area contributed by atoms with Crippen LogP contribution in [0.5, 0.6) is 0 Å². The maximum Gasteiger partial charge on any atom is 0.266 e. The van der Waals surface area contributed by atoms with Crippen LogP contribution in [-0.2, 0) is 11.2 Å². The van der Waals surface area contributed by atoms with E-state index in [9.17, 15) is 9.59 Å². The summed E-state index contributed by atoms with van der Waals surface area (Å²) < 4.78 is 1.55. The molecule has 5 nitrogen and oxygen atoms in total. The van der Waals surface area contributed by atoms with E-state index in [1.807, 2.05) is 36.4 Å². The van der Waals surface area contributed by atoms with Crippen LogP contribution in [0.4, 0.5) is 0 Å². The van der Waals surface area contributed by atoms with Gasteiger partial charge in [0.15, 0.2) is 5.16 Å². The molecule has 1 heterocycles. The molecule has 2 N–H and O–H groups in total. The Morgan fingerprint density at radius 3 is 2.52 bits per heavy atom. The van der Waals surface area contributed by atoms with Crippen molar-refractivity contribution in [1.29, 1.82) is 0 Å². The van der Waals surface area contributed by atoms with Gasteiger partial charge in [-0.3, -0.25) is 14.2 Å². The largest absolute Gasteiger partial charge is 0.369 e. The molecule has 0 radical (unpaired) electrons. The molecule has 25 heavy (non-hydrogen) atoms. The first kappa shape index (κ1) is 17.2. The van der Waals surface area contributed by atoms with Crippen molar-refractivity contribution in [1.82, 2.24) is 9.55 Å². The molecule has 0 spiro atoms. The molecule has 3 aromatic rings. The van der Waals surface area contributed by atoms with Gasteiger partial charge in [-0.2, -0.15) is 0 Å². The van der Waals surface area contributed by atoms with Crippen molar-refractivity contribution in [3.05, 3.63) is 64.4 Å². The molecule has 0 aliphatic carbocycles. The number of primary amides is 1. The topological polar surface area (TPSA) is 78.0 Å². The van der Waals surface area contributed by atoms with E-state index in [0.717, 1.165) is 12.1 Å². The predicted molar refractivity (Wildman–Crippen MR) is 101 cm³/mol. The molecule has 0 saturated heterocycles. The number of carbonyl (C=O) groups excluding carboxylic acids is 1. The lowest BCUT2D eigenvalue weighted by molar-refractivity contribution is -0.117. The number of benzene rings is 2. The Balaban J connectivity index is 2.23. The zero-order chi connectivity index (χ0) is 18.0. The molecule has 2 aromatic carbocycles. The SMILES string of the molecule is CCc1ccc(-n2c(SC(C)C(N)=O)nc3ccccc3c2=O)cc1. The summed E-state index contributed by atoms with van der Waals surface area (Å²) in [6.45, 7) is 3.79. The third-order valence-corrected chi connectivity index (χ3v) is 5.10. The Labute approximate surface area is 149 Å². The standard InChI is InChI=1S/C19H19N3O2S/c1-3-13-8-10-14(11-9-13)22-18(24)15-6-4-5-7-16(15)21-19(22)25-12(2)17(20)23/h4-12H,3H2,1-2H3,(H2,20,23). The van der Waals surface area contributed by atoms with Gasteiger partial charge in [-0.15, -0.1) is 0 Å². The van der Waals surface area contributed by atoms with Gasteiger partial charge in [0.2, 0.25) is 5.91 Å².